The van der Waals surface area contributed by atoms with Crippen molar-refractivity contribution in [3.8, 4) is 0 Å². The van der Waals surface area contributed by atoms with Gasteiger partial charge in [-0.05, 0) is 17.9 Å². The molecule has 0 saturated carbocycles. The third-order valence-electron chi connectivity index (χ3n) is 4.49. The van der Waals surface area contributed by atoms with Crippen LogP contribution in [0, 0.1) is 11.8 Å². The number of hydrogen-bond acceptors (Lipinski definition) is 2. The molecular weight excluding hydrogens is 266 g/mol. The fraction of sp³-hybridized carbons (Fsp3) is 0.529. The van der Waals surface area contributed by atoms with E-state index in [9.17, 15) is 9.59 Å². The van der Waals surface area contributed by atoms with Gasteiger partial charge in [-0.1, -0.05) is 50.6 Å². The zero-order valence-corrected chi connectivity index (χ0v) is 12.7. The topological polar surface area (TPSA) is 57.6 Å². The quantitative estimate of drug-likeness (QED) is 0.906. The maximum absolute atomic E-state index is 12.8. The highest BCUT2D eigenvalue weighted by molar-refractivity contribution is 5.85. The van der Waals surface area contributed by atoms with Gasteiger partial charge in [0.15, 0.2) is 0 Å². The molecule has 1 aromatic rings. The van der Waals surface area contributed by atoms with E-state index in [1.54, 1.807) is 4.90 Å². The van der Waals surface area contributed by atoms with Gasteiger partial charge in [-0.15, -0.1) is 0 Å². The van der Waals surface area contributed by atoms with Gasteiger partial charge < -0.3 is 10.0 Å². The molecule has 1 aromatic carbocycles. The molecule has 0 aromatic heterocycles. The van der Waals surface area contributed by atoms with Crippen LogP contribution in [0.25, 0.3) is 0 Å². The van der Waals surface area contributed by atoms with Gasteiger partial charge in [0.05, 0.1) is 11.8 Å². The number of aliphatic carboxylic acids is 1. The monoisotopic (exact) mass is 289 g/mol. The number of amides is 1. The maximum Gasteiger partial charge on any atom is 0.308 e. The van der Waals surface area contributed by atoms with E-state index < -0.39 is 11.9 Å². The lowest BCUT2D eigenvalue weighted by atomic mass is 9.84. The van der Waals surface area contributed by atoms with E-state index in [1.807, 2.05) is 30.3 Å². The number of benzene rings is 1. The number of nitrogens with zero attached hydrogens (tertiary/aromatic N) is 1. The first-order valence-electron chi connectivity index (χ1n) is 7.61. The Bertz CT molecular complexity index is 500. The normalized spacial score (nSPS) is 21.0. The van der Waals surface area contributed by atoms with Gasteiger partial charge in [0, 0.05) is 13.1 Å². The molecule has 0 radical (unpaired) electrons. The Morgan fingerprint density at radius 3 is 2.52 bits per heavy atom. The second-order valence-electron chi connectivity index (χ2n) is 5.88. The first-order chi connectivity index (χ1) is 10.0. The average molecular weight is 289 g/mol. The van der Waals surface area contributed by atoms with E-state index in [0.29, 0.717) is 19.5 Å². The molecule has 0 bridgehead atoms. The summed E-state index contributed by atoms with van der Waals surface area (Å²) >= 11 is 0. The molecule has 1 aliphatic rings. The highest BCUT2D eigenvalue weighted by Gasteiger charge is 2.36. The number of carbonyl (C=O) groups is 2. The number of carboxylic acid groups (broad SMARTS) is 1. The molecule has 114 valence electrons. The standard InChI is InChI=1S/C17H23NO3/c1-3-12(2)15(13-7-5-4-6-8-13)16(19)18-10-9-14(11-18)17(20)21/h4-8,12,14-15H,3,9-11H2,1-2H3,(H,20,21). The fourth-order valence-corrected chi connectivity index (χ4v) is 2.97. The second kappa shape index (κ2) is 6.74. The Balaban J connectivity index is 2.18. The molecule has 21 heavy (non-hydrogen) atoms. The van der Waals surface area contributed by atoms with Crippen molar-refractivity contribution >= 4 is 11.9 Å². The smallest absolute Gasteiger partial charge is 0.308 e. The van der Waals surface area contributed by atoms with Crippen molar-refractivity contribution in [1.82, 2.24) is 4.90 Å². The van der Waals surface area contributed by atoms with Crippen LogP contribution in [0.15, 0.2) is 30.3 Å². The molecule has 1 amide bonds. The van der Waals surface area contributed by atoms with Gasteiger partial charge in [-0.3, -0.25) is 9.59 Å². The Hall–Kier alpha value is -1.84. The van der Waals surface area contributed by atoms with Crippen molar-refractivity contribution in [1.29, 1.82) is 0 Å². The minimum Gasteiger partial charge on any atom is -0.481 e. The highest BCUT2D eigenvalue weighted by Crippen LogP contribution is 2.31. The molecule has 1 aliphatic heterocycles. The summed E-state index contributed by atoms with van der Waals surface area (Å²) < 4.78 is 0. The zero-order chi connectivity index (χ0) is 15.4. The van der Waals surface area contributed by atoms with Crippen molar-refractivity contribution < 1.29 is 14.7 Å². The van der Waals surface area contributed by atoms with E-state index in [0.717, 1.165) is 12.0 Å². The molecule has 1 N–H and O–H groups in total. The van der Waals surface area contributed by atoms with E-state index >= 15 is 0 Å². The summed E-state index contributed by atoms with van der Waals surface area (Å²) in [5.74, 6) is -1.08. The summed E-state index contributed by atoms with van der Waals surface area (Å²) in [4.78, 5) is 25.6. The van der Waals surface area contributed by atoms with Crippen LogP contribution in [0.1, 0.15) is 38.2 Å². The van der Waals surface area contributed by atoms with Crippen LogP contribution in [-0.2, 0) is 9.59 Å². The van der Waals surface area contributed by atoms with Gasteiger partial charge in [0.2, 0.25) is 5.91 Å². The molecule has 0 spiro atoms. The van der Waals surface area contributed by atoms with Gasteiger partial charge >= 0.3 is 5.97 Å². The molecule has 2 rings (SSSR count). The summed E-state index contributed by atoms with van der Waals surface area (Å²) in [5.41, 5.74) is 1.02. The van der Waals surface area contributed by atoms with Crippen LogP contribution >= 0.6 is 0 Å². The van der Waals surface area contributed by atoms with E-state index in [2.05, 4.69) is 13.8 Å². The Morgan fingerprint density at radius 1 is 1.33 bits per heavy atom. The highest BCUT2D eigenvalue weighted by atomic mass is 16.4. The number of hydrogen-bond donors (Lipinski definition) is 1. The molecule has 1 fully saturated rings. The van der Waals surface area contributed by atoms with Gasteiger partial charge in [-0.25, -0.2) is 0 Å². The summed E-state index contributed by atoms with van der Waals surface area (Å²) in [6.07, 6.45) is 1.48. The van der Waals surface area contributed by atoms with Crippen molar-refractivity contribution in [2.75, 3.05) is 13.1 Å². The van der Waals surface area contributed by atoms with Crippen LogP contribution in [0.3, 0.4) is 0 Å². The first-order valence-corrected chi connectivity index (χ1v) is 7.61. The minimum atomic E-state index is -0.801. The van der Waals surface area contributed by atoms with Gasteiger partial charge in [-0.2, -0.15) is 0 Å². The van der Waals surface area contributed by atoms with Crippen molar-refractivity contribution in [3.05, 3.63) is 35.9 Å². The average Bonchev–Trinajstić information content (AvgIpc) is 2.98. The number of likely N-dealkylation sites (tertiary alicyclic amines) is 1. The van der Waals surface area contributed by atoms with Crippen LogP contribution in [0.5, 0.6) is 0 Å². The summed E-state index contributed by atoms with van der Waals surface area (Å²) in [7, 11) is 0. The summed E-state index contributed by atoms with van der Waals surface area (Å²) in [6, 6.07) is 9.81. The first kappa shape index (κ1) is 15.5. The van der Waals surface area contributed by atoms with Crippen LogP contribution in [0.2, 0.25) is 0 Å². The molecule has 4 heteroatoms. The molecule has 1 saturated heterocycles. The Kier molecular flexibility index (Phi) is 4.99. The van der Waals surface area contributed by atoms with Crippen molar-refractivity contribution in [2.24, 2.45) is 11.8 Å². The Labute approximate surface area is 125 Å². The third-order valence-corrected chi connectivity index (χ3v) is 4.49. The predicted octanol–water partition coefficient (Wildman–Crippen LogP) is 2.75. The zero-order valence-electron chi connectivity index (χ0n) is 12.7. The molecule has 0 aliphatic carbocycles. The van der Waals surface area contributed by atoms with Crippen LogP contribution < -0.4 is 0 Å². The Morgan fingerprint density at radius 2 is 2.00 bits per heavy atom. The molecule has 3 unspecified atom stereocenters. The predicted molar refractivity (Wildman–Crippen MR) is 81.0 cm³/mol. The van der Waals surface area contributed by atoms with Crippen LogP contribution in [0.4, 0.5) is 0 Å². The lowest BCUT2D eigenvalue weighted by Gasteiger charge is -2.27. The SMILES string of the molecule is CCC(C)C(C(=O)N1CCC(C(=O)O)C1)c1ccccc1. The van der Waals surface area contributed by atoms with E-state index in [-0.39, 0.29) is 17.7 Å². The van der Waals surface area contributed by atoms with E-state index in [1.165, 1.54) is 0 Å². The van der Waals surface area contributed by atoms with Crippen LogP contribution in [-0.4, -0.2) is 35.0 Å². The lowest BCUT2D eigenvalue weighted by molar-refractivity contribution is -0.141. The third kappa shape index (κ3) is 3.43. The van der Waals surface area contributed by atoms with Gasteiger partial charge in [0.1, 0.15) is 0 Å². The van der Waals surface area contributed by atoms with Crippen molar-refractivity contribution in [3.63, 3.8) is 0 Å². The molecular formula is C17H23NO3. The minimum absolute atomic E-state index is 0.0688. The summed E-state index contributed by atoms with van der Waals surface area (Å²) in [6.45, 7) is 5.06. The number of carboxylic acids is 1. The maximum atomic E-state index is 12.8. The molecule has 3 atom stereocenters. The van der Waals surface area contributed by atoms with E-state index in [4.69, 9.17) is 5.11 Å². The lowest BCUT2D eigenvalue weighted by Crippen LogP contribution is -2.36. The second-order valence-corrected chi connectivity index (χ2v) is 5.88. The fourth-order valence-electron chi connectivity index (χ4n) is 2.97. The summed E-state index contributed by atoms with van der Waals surface area (Å²) in [5, 5.41) is 9.09. The number of carbonyl (C=O) groups excluding carboxylic acids is 1. The van der Waals surface area contributed by atoms with Crippen molar-refractivity contribution in [2.45, 2.75) is 32.6 Å². The van der Waals surface area contributed by atoms with Gasteiger partial charge in [0.25, 0.3) is 0 Å². The molecule has 1 heterocycles. The molecule has 4 nitrogen and oxygen atoms in total. The largest absolute Gasteiger partial charge is 0.481 e. The number of rotatable bonds is 5.